The quantitative estimate of drug-likeness (QED) is 0.778. The molecule has 1 aromatic carbocycles. The summed E-state index contributed by atoms with van der Waals surface area (Å²) in [4.78, 5) is 12.0. The Morgan fingerprint density at radius 2 is 1.91 bits per heavy atom. The summed E-state index contributed by atoms with van der Waals surface area (Å²) in [7, 11) is 3.16. The number of Topliss-reactive ketones (excluding diaryl/α,β-unsaturated/α-hetero) is 1. The van der Waals surface area contributed by atoms with E-state index >= 15 is 0 Å². The smallest absolute Gasteiger partial charge is 0.171 e. The normalized spacial score (nSPS) is 17.7. The Kier molecular flexibility index (Phi) is 5.08. The Labute approximate surface area is 143 Å². The molecule has 1 atom stereocenters. The average Bonchev–Trinajstić information content (AvgIpc) is 2.45. The standard InChI is InChI=1S/C15H17BrN2O3S/c1-7-13(8(2)19)14(18-15(22)17-7)9-5-10(16)12(21-4)6-11(9)20-3/h5-6,14H,1-4H3,(H2,17,18,22)/t14-/m0/s1. The number of benzene rings is 1. The van der Waals surface area contributed by atoms with Gasteiger partial charge in [0.15, 0.2) is 10.9 Å². The number of ketones is 1. The minimum atomic E-state index is -0.372. The monoisotopic (exact) mass is 384 g/mol. The lowest BCUT2D eigenvalue weighted by molar-refractivity contribution is -0.114. The molecule has 22 heavy (non-hydrogen) atoms. The van der Waals surface area contributed by atoms with Gasteiger partial charge in [-0.2, -0.15) is 0 Å². The minimum absolute atomic E-state index is 0.0287. The van der Waals surface area contributed by atoms with Gasteiger partial charge in [-0.05, 0) is 48.1 Å². The van der Waals surface area contributed by atoms with Crippen LogP contribution in [0, 0.1) is 0 Å². The van der Waals surface area contributed by atoms with E-state index < -0.39 is 0 Å². The van der Waals surface area contributed by atoms with Crippen LogP contribution in [0.5, 0.6) is 11.5 Å². The number of ether oxygens (including phenoxy) is 2. The van der Waals surface area contributed by atoms with Crippen molar-refractivity contribution in [2.75, 3.05) is 14.2 Å². The Balaban J connectivity index is 2.62. The van der Waals surface area contributed by atoms with Gasteiger partial charge in [0, 0.05) is 22.9 Å². The van der Waals surface area contributed by atoms with Crippen molar-refractivity contribution in [3.8, 4) is 11.5 Å². The number of carbonyl (C=O) groups is 1. The molecule has 1 aliphatic rings. The van der Waals surface area contributed by atoms with Crippen molar-refractivity contribution in [1.29, 1.82) is 0 Å². The number of rotatable bonds is 4. The molecule has 1 aliphatic heterocycles. The van der Waals surface area contributed by atoms with Crippen LogP contribution >= 0.6 is 28.1 Å². The molecule has 5 nitrogen and oxygen atoms in total. The molecule has 0 fully saturated rings. The van der Waals surface area contributed by atoms with Crippen molar-refractivity contribution in [2.45, 2.75) is 19.9 Å². The third kappa shape index (κ3) is 3.10. The maximum atomic E-state index is 12.0. The molecule has 0 amide bonds. The van der Waals surface area contributed by atoms with Crippen LogP contribution in [-0.2, 0) is 4.79 Å². The van der Waals surface area contributed by atoms with Crippen LogP contribution in [0.1, 0.15) is 25.5 Å². The first-order valence-corrected chi connectivity index (χ1v) is 7.79. The van der Waals surface area contributed by atoms with Crippen LogP contribution in [0.3, 0.4) is 0 Å². The maximum Gasteiger partial charge on any atom is 0.171 e. The first kappa shape index (κ1) is 16.8. The largest absolute Gasteiger partial charge is 0.496 e. The van der Waals surface area contributed by atoms with E-state index in [1.54, 1.807) is 20.3 Å². The summed E-state index contributed by atoms with van der Waals surface area (Å²) in [6.45, 7) is 3.37. The number of methoxy groups -OCH3 is 2. The van der Waals surface area contributed by atoms with Gasteiger partial charge >= 0.3 is 0 Å². The number of halogens is 1. The fourth-order valence-corrected chi connectivity index (χ4v) is 3.30. The number of allylic oxidation sites excluding steroid dienone is 1. The topological polar surface area (TPSA) is 59.6 Å². The first-order chi connectivity index (χ1) is 10.4. The summed E-state index contributed by atoms with van der Waals surface area (Å²) < 4.78 is 11.5. The molecule has 0 saturated heterocycles. The molecular formula is C15H17BrN2O3S. The molecule has 0 aliphatic carbocycles. The number of hydrogen-bond donors (Lipinski definition) is 2. The van der Waals surface area contributed by atoms with E-state index in [9.17, 15) is 4.79 Å². The number of nitrogens with one attached hydrogen (secondary N) is 2. The summed E-state index contributed by atoms with van der Waals surface area (Å²) >= 11 is 8.68. The molecule has 0 bridgehead atoms. The zero-order valence-electron chi connectivity index (χ0n) is 12.7. The van der Waals surface area contributed by atoms with Gasteiger partial charge in [-0.1, -0.05) is 0 Å². The first-order valence-electron chi connectivity index (χ1n) is 6.59. The molecule has 0 saturated carbocycles. The number of hydrogen-bond acceptors (Lipinski definition) is 4. The van der Waals surface area contributed by atoms with Gasteiger partial charge in [0.25, 0.3) is 0 Å². The molecule has 0 spiro atoms. The van der Waals surface area contributed by atoms with E-state index in [1.807, 2.05) is 13.0 Å². The SMILES string of the molecule is COc1cc(OC)c([C@@H]2NC(=S)NC(C)=C2C(C)=O)cc1Br. The molecule has 118 valence electrons. The van der Waals surface area contributed by atoms with Gasteiger partial charge in [-0.25, -0.2) is 0 Å². The second-order valence-corrected chi connectivity index (χ2v) is 6.12. The Morgan fingerprint density at radius 1 is 1.27 bits per heavy atom. The van der Waals surface area contributed by atoms with Gasteiger partial charge in [-0.15, -0.1) is 0 Å². The van der Waals surface area contributed by atoms with Crippen molar-refractivity contribution in [1.82, 2.24) is 10.6 Å². The van der Waals surface area contributed by atoms with Crippen LogP contribution < -0.4 is 20.1 Å². The number of thiocarbonyl (C=S) groups is 1. The molecule has 0 aromatic heterocycles. The van der Waals surface area contributed by atoms with Crippen molar-refractivity contribution >= 4 is 39.0 Å². The average molecular weight is 385 g/mol. The molecule has 0 radical (unpaired) electrons. The molecule has 0 unspecified atom stereocenters. The van der Waals surface area contributed by atoms with Gasteiger partial charge < -0.3 is 20.1 Å². The van der Waals surface area contributed by atoms with E-state index in [1.165, 1.54) is 6.92 Å². The molecule has 2 N–H and O–H groups in total. The zero-order chi connectivity index (χ0) is 16.4. The van der Waals surface area contributed by atoms with E-state index in [2.05, 4.69) is 26.6 Å². The lowest BCUT2D eigenvalue weighted by Gasteiger charge is -2.31. The predicted molar refractivity (Wildman–Crippen MR) is 92.2 cm³/mol. The van der Waals surface area contributed by atoms with E-state index in [4.69, 9.17) is 21.7 Å². The Bertz CT molecular complexity index is 673. The highest BCUT2D eigenvalue weighted by molar-refractivity contribution is 9.10. The van der Waals surface area contributed by atoms with Crippen LogP contribution in [-0.4, -0.2) is 25.1 Å². The fraction of sp³-hybridized carbons (Fsp3) is 0.333. The highest BCUT2D eigenvalue weighted by Crippen LogP contribution is 2.39. The van der Waals surface area contributed by atoms with E-state index in [0.29, 0.717) is 22.2 Å². The highest BCUT2D eigenvalue weighted by Gasteiger charge is 2.30. The maximum absolute atomic E-state index is 12.0. The van der Waals surface area contributed by atoms with Gasteiger partial charge in [-0.3, -0.25) is 4.79 Å². The van der Waals surface area contributed by atoms with Crippen LogP contribution in [0.25, 0.3) is 0 Å². The summed E-state index contributed by atoms with van der Waals surface area (Å²) in [5, 5.41) is 6.59. The van der Waals surface area contributed by atoms with Crippen LogP contribution in [0.15, 0.2) is 27.9 Å². The van der Waals surface area contributed by atoms with Crippen LogP contribution in [0.2, 0.25) is 0 Å². The molecule has 1 heterocycles. The third-order valence-electron chi connectivity index (χ3n) is 3.46. The Morgan fingerprint density at radius 3 is 2.45 bits per heavy atom. The van der Waals surface area contributed by atoms with Gasteiger partial charge in [0.05, 0.1) is 24.7 Å². The van der Waals surface area contributed by atoms with Crippen molar-refractivity contribution in [2.24, 2.45) is 0 Å². The summed E-state index contributed by atoms with van der Waals surface area (Å²) in [5.74, 6) is 1.25. The summed E-state index contributed by atoms with van der Waals surface area (Å²) in [6, 6.07) is 3.28. The second kappa shape index (κ2) is 6.66. The van der Waals surface area contributed by atoms with Gasteiger partial charge in [0.2, 0.25) is 0 Å². The number of carbonyl (C=O) groups excluding carboxylic acids is 1. The van der Waals surface area contributed by atoms with E-state index in [-0.39, 0.29) is 11.8 Å². The van der Waals surface area contributed by atoms with E-state index in [0.717, 1.165) is 15.7 Å². The highest BCUT2D eigenvalue weighted by atomic mass is 79.9. The zero-order valence-corrected chi connectivity index (χ0v) is 15.1. The lowest BCUT2D eigenvalue weighted by Crippen LogP contribution is -2.44. The molecular weight excluding hydrogens is 368 g/mol. The van der Waals surface area contributed by atoms with Crippen molar-refractivity contribution in [3.05, 3.63) is 33.4 Å². The van der Waals surface area contributed by atoms with Crippen molar-refractivity contribution in [3.63, 3.8) is 0 Å². The molecule has 7 heteroatoms. The summed E-state index contributed by atoms with van der Waals surface area (Å²) in [5.41, 5.74) is 2.18. The third-order valence-corrected chi connectivity index (χ3v) is 4.30. The minimum Gasteiger partial charge on any atom is -0.496 e. The molecule has 1 aromatic rings. The Hall–Kier alpha value is -1.60. The van der Waals surface area contributed by atoms with Crippen LogP contribution in [0.4, 0.5) is 0 Å². The van der Waals surface area contributed by atoms with Gasteiger partial charge in [0.1, 0.15) is 11.5 Å². The summed E-state index contributed by atoms with van der Waals surface area (Å²) in [6.07, 6.45) is 0. The van der Waals surface area contributed by atoms with Crippen molar-refractivity contribution < 1.29 is 14.3 Å². The fourth-order valence-electron chi connectivity index (χ4n) is 2.50. The predicted octanol–water partition coefficient (Wildman–Crippen LogP) is 2.85. The second-order valence-electron chi connectivity index (χ2n) is 4.86. The molecule has 2 rings (SSSR count). The lowest BCUT2D eigenvalue weighted by atomic mass is 9.92.